The highest BCUT2D eigenvalue weighted by molar-refractivity contribution is 5.95. The molecule has 0 N–H and O–H groups in total. The van der Waals surface area contributed by atoms with Crippen molar-refractivity contribution in [3.63, 3.8) is 0 Å². The first-order valence-electron chi connectivity index (χ1n) is 6.51. The van der Waals surface area contributed by atoms with E-state index in [4.69, 9.17) is 0 Å². The van der Waals surface area contributed by atoms with E-state index >= 15 is 0 Å². The molecule has 0 aliphatic heterocycles. The minimum Gasteiger partial charge on any atom is -0.284 e. The van der Waals surface area contributed by atoms with E-state index in [-0.39, 0.29) is 11.0 Å². The predicted molar refractivity (Wildman–Crippen MR) is 79.9 cm³/mol. The Balaban J connectivity index is 2.51. The Morgan fingerprint density at radius 1 is 1.00 bits per heavy atom. The van der Waals surface area contributed by atoms with Crippen LogP contribution in [0.4, 0.5) is 0 Å². The summed E-state index contributed by atoms with van der Waals surface area (Å²) in [7, 11) is 0. The molecule has 3 rings (SSSR count). The highest BCUT2D eigenvalue weighted by Crippen LogP contribution is 2.25. The third-order valence-corrected chi connectivity index (χ3v) is 3.57. The van der Waals surface area contributed by atoms with Crippen molar-refractivity contribution in [1.29, 1.82) is 0 Å². The van der Waals surface area contributed by atoms with Gasteiger partial charge < -0.3 is 0 Å². The van der Waals surface area contributed by atoms with Crippen LogP contribution in [-0.4, -0.2) is 4.40 Å². The molecule has 0 aliphatic carbocycles. The molecular formula is C17H17NO. The van der Waals surface area contributed by atoms with Gasteiger partial charge in [0.25, 0.3) is 5.56 Å². The van der Waals surface area contributed by atoms with Crippen molar-refractivity contribution >= 4 is 16.3 Å². The summed E-state index contributed by atoms with van der Waals surface area (Å²) in [6.07, 6.45) is 1.85. The summed E-state index contributed by atoms with van der Waals surface area (Å²) in [4.78, 5) is 12.3. The molecule has 0 aliphatic rings. The van der Waals surface area contributed by atoms with Gasteiger partial charge in [0.2, 0.25) is 0 Å². The minimum atomic E-state index is -0.0230. The van der Waals surface area contributed by atoms with Crippen molar-refractivity contribution in [2.24, 2.45) is 0 Å². The zero-order chi connectivity index (χ0) is 13.6. The van der Waals surface area contributed by atoms with Gasteiger partial charge >= 0.3 is 0 Å². The molecule has 1 aromatic carbocycles. The Labute approximate surface area is 112 Å². The van der Waals surface area contributed by atoms with E-state index in [1.54, 1.807) is 10.5 Å². The molecule has 0 amide bonds. The molecule has 0 saturated heterocycles. The quantitative estimate of drug-likeness (QED) is 0.558. The molecule has 0 bridgehead atoms. The standard InChI is InChI=1S/C17H17NO/c1-17(2,3)13-10-15-14-7-5-4-6-12(14)8-9-18(15)16(19)11-13/h4-11H,1-3H3. The largest absolute Gasteiger partial charge is 0.284 e. The lowest BCUT2D eigenvalue weighted by Crippen LogP contribution is -2.19. The lowest BCUT2D eigenvalue weighted by Gasteiger charge is -2.19. The second-order valence-electron chi connectivity index (χ2n) is 5.99. The summed E-state index contributed by atoms with van der Waals surface area (Å²) >= 11 is 0. The van der Waals surface area contributed by atoms with Gasteiger partial charge in [0.05, 0.1) is 5.52 Å². The van der Waals surface area contributed by atoms with Crippen molar-refractivity contribution in [3.05, 3.63) is 64.6 Å². The van der Waals surface area contributed by atoms with Crippen LogP contribution in [0.2, 0.25) is 0 Å². The molecule has 0 saturated carbocycles. The molecule has 0 fully saturated rings. The average Bonchev–Trinajstić information content (AvgIpc) is 2.37. The summed E-state index contributed by atoms with van der Waals surface area (Å²) < 4.78 is 1.72. The normalized spacial score (nSPS) is 12.2. The Morgan fingerprint density at radius 2 is 1.74 bits per heavy atom. The van der Waals surface area contributed by atoms with Gasteiger partial charge in [0, 0.05) is 17.6 Å². The maximum Gasteiger partial charge on any atom is 0.255 e. The van der Waals surface area contributed by atoms with Crippen LogP contribution in [0.1, 0.15) is 26.3 Å². The first kappa shape index (κ1) is 12.0. The molecule has 0 spiro atoms. The number of hydrogen-bond donors (Lipinski definition) is 0. The number of hydrogen-bond acceptors (Lipinski definition) is 1. The fraction of sp³-hybridized carbons (Fsp3) is 0.235. The lowest BCUT2D eigenvalue weighted by atomic mass is 9.87. The fourth-order valence-corrected chi connectivity index (χ4v) is 2.40. The second kappa shape index (κ2) is 3.95. The van der Waals surface area contributed by atoms with Gasteiger partial charge in [0.15, 0.2) is 0 Å². The maximum atomic E-state index is 12.3. The number of fused-ring (bicyclic) bond motifs is 3. The van der Waals surface area contributed by atoms with Crippen molar-refractivity contribution in [3.8, 4) is 0 Å². The summed E-state index contributed by atoms with van der Waals surface area (Å²) in [6.45, 7) is 6.39. The number of rotatable bonds is 0. The van der Waals surface area contributed by atoms with E-state index in [0.29, 0.717) is 0 Å². The average molecular weight is 251 g/mol. The second-order valence-corrected chi connectivity index (χ2v) is 5.99. The van der Waals surface area contributed by atoms with Gasteiger partial charge in [-0.15, -0.1) is 0 Å². The maximum absolute atomic E-state index is 12.3. The van der Waals surface area contributed by atoms with Crippen molar-refractivity contribution in [2.45, 2.75) is 26.2 Å². The zero-order valence-electron chi connectivity index (χ0n) is 11.5. The molecule has 2 nitrogen and oxygen atoms in total. The van der Waals surface area contributed by atoms with Crippen molar-refractivity contribution in [2.75, 3.05) is 0 Å². The molecule has 0 unspecified atom stereocenters. The molecule has 0 atom stereocenters. The van der Waals surface area contributed by atoms with E-state index in [0.717, 1.165) is 21.9 Å². The zero-order valence-corrected chi connectivity index (χ0v) is 11.5. The smallest absolute Gasteiger partial charge is 0.255 e. The van der Waals surface area contributed by atoms with Gasteiger partial charge in [0.1, 0.15) is 0 Å². The molecule has 96 valence electrons. The molecule has 0 radical (unpaired) electrons. The lowest BCUT2D eigenvalue weighted by molar-refractivity contribution is 0.589. The summed E-state index contributed by atoms with van der Waals surface area (Å²) in [5, 5.41) is 2.28. The first-order chi connectivity index (χ1) is 8.97. The van der Waals surface area contributed by atoms with Crippen LogP contribution < -0.4 is 5.56 Å². The summed E-state index contributed by atoms with van der Waals surface area (Å²) in [6, 6.07) is 14.0. The van der Waals surface area contributed by atoms with E-state index < -0.39 is 0 Å². The van der Waals surface area contributed by atoms with Crippen LogP contribution in [-0.2, 0) is 5.41 Å². The monoisotopic (exact) mass is 251 g/mol. The molecule has 3 aromatic rings. The van der Waals surface area contributed by atoms with Crippen LogP contribution in [0.15, 0.2) is 53.5 Å². The first-order valence-corrected chi connectivity index (χ1v) is 6.51. The van der Waals surface area contributed by atoms with E-state index in [2.05, 4.69) is 39.0 Å². The number of benzene rings is 1. The van der Waals surface area contributed by atoms with E-state index in [1.807, 2.05) is 24.4 Å². The van der Waals surface area contributed by atoms with Gasteiger partial charge in [-0.05, 0) is 28.5 Å². The van der Waals surface area contributed by atoms with Gasteiger partial charge in [-0.3, -0.25) is 9.20 Å². The van der Waals surface area contributed by atoms with Gasteiger partial charge in [-0.1, -0.05) is 45.0 Å². The predicted octanol–water partition coefficient (Wildman–Crippen LogP) is 3.75. The van der Waals surface area contributed by atoms with Crippen LogP contribution in [0.5, 0.6) is 0 Å². The Kier molecular flexibility index (Phi) is 2.49. The molecule has 19 heavy (non-hydrogen) atoms. The Hall–Kier alpha value is -2.09. The molecule has 2 aromatic heterocycles. The summed E-state index contributed by atoms with van der Waals surface area (Å²) in [5.74, 6) is 0. The fourth-order valence-electron chi connectivity index (χ4n) is 2.40. The van der Waals surface area contributed by atoms with E-state index in [9.17, 15) is 4.79 Å². The van der Waals surface area contributed by atoms with Gasteiger partial charge in [-0.25, -0.2) is 0 Å². The number of aromatic nitrogens is 1. The van der Waals surface area contributed by atoms with Crippen LogP contribution in [0.25, 0.3) is 16.3 Å². The van der Waals surface area contributed by atoms with Crippen LogP contribution in [0.3, 0.4) is 0 Å². The summed E-state index contributed by atoms with van der Waals surface area (Å²) in [5.41, 5.74) is 2.07. The number of pyridine rings is 2. The highest BCUT2D eigenvalue weighted by atomic mass is 16.1. The van der Waals surface area contributed by atoms with Crippen molar-refractivity contribution < 1.29 is 0 Å². The van der Waals surface area contributed by atoms with Crippen LogP contribution in [0, 0.1) is 0 Å². The SMILES string of the molecule is CC(C)(C)c1cc(=O)n2ccc3ccccc3c2c1. The van der Waals surface area contributed by atoms with Crippen molar-refractivity contribution in [1.82, 2.24) is 4.40 Å². The molecule has 2 heteroatoms. The minimum absolute atomic E-state index is 0.0230. The highest BCUT2D eigenvalue weighted by Gasteiger charge is 2.16. The molecule has 2 heterocycles. The van der Waals surface area contributed by atoms with Crippen LogP contribution >= 0.6 is 0 Å². The third-order valence-electron chi connectivity index (χ3n) is 3.57. The Bertz CT molecular complexity index is 822. The number of nitrogens with zero attached hydrogens (tertiary/aromatic N) is 1. The van der Waals surface area contributed by atoms with Gasteiger partial charge in [-0.2, -0.15) is 0 Å². The Morgan fingerprint density at radius 3 is 2.47 bits per heavy atom. The third kappa shape index (κ3) is 1.93. The van der Waals surface area contributed by atoms with E-state index in [1.165, 1.54) is 0 Å². The molecular weight excluding hydrogens is 234 g/mol. The topological polar surface area (TPSA) is 21.5 Å².